The van der Waals surface area contributed by atoms with Gasteiger partial charge in [-0.2, -0.15) is 10.1 Å². The fraction of sp³-hybridized carbons (Fsp3) is 0.154. The Morgan fingerprint density at radius 3 is 2.57 bits per heavy atom. The van der Waals surface area contributed by atoms with Crippen molar-refractivity contribution in [2.75, 3.05) is 5.32 Å². The van der Waals surface area contributed by atoms with Gasteiger partial charge in [-0.25, -0.2) is 18.2 Å². The number of benzene rings is 3. The van der Waals surface area contributed by atoms with E-state index in [0.717, 1.165) is 35.0 Å². The summed E-state index contributed by atoms with van der Waals surface area (Å²) in [6, 6.07) is 15.9. The molecule has 0 bridgehead atoms. The molecule has 0 saturated heterocycles. The average molecular weight is 543 g/mol. The van der Waals surface area contributed by atoms with Crippen molar-refractivity contribution in [1.82, 2.24) is 5.01 Å². The summed E-state index contributed by atoms with van der Waals surface area (Å²) in [6.07, 6.45) is 0.237. The summed E-state index contributed by atoms with van der Waals surface area (Å²) in [5.41, 5.74) is 2.34. The summed E-state index contributed by atoms with van der Waals surface area (Å²) in [7, 11) is 0. The Labute approximate surface area is 219 Å². The summed E-state index contributed by atoms with van der Waals surface area (Å²) < 4.78 is 40.0. The quantitative estimate of drug-likeness (QED) is 0.433. The van der Waals surface area contributed by atoms with Gasteiger partial charge < -0.3 is 5.32 Å². The molecule has 2 heterocycles. The van der Waals surface area contributed by atoms with Gasteiger partial charge in [-0.05, 0) is 47.5 Å². The molecule has 188 valence electrons. The molecule has 6 nitrogen and oxygen atoms in total. The minimum Gasteiger partial charge on any atom is -0.326 e. The van der Waals surface area contributed by atoms with Crippen molar-refractivity contribution in [3.8, 4) is 0 Å². The van der Waals surface area contributed by atoms with Crippen LogP contribution in [-0.4, -0.2) is 33.0 Å². The van der Waals surface area contributed by atoms with Crippen molar-refractivity contribution in [3.63, 3.8) is 0 Å². The number of amidine groups is 1. The Hall–Kier alpha value is -3.63. The Morgan fingerprint density at radius 2 is 1.84 bits per heavy atom. The molecule has 11 heteroatoms. The molecule has 3 aromatic carbocycles. The normalized spacial score (nSPS) is 19.1. The van der Waals surface area contributed by atoms with Gasteiger partial charge in [0.05, 0.1) is 11.8 Å². The number of halogens is 4. The second kappa shape index (κ2) is 10.4. The average Bonchev–Trinajstić information content (AvgIpc) is 3.46. The lowest BCUT2D eigenvalue weighted by atomic mass is 9.98. The van der Waals surface area contributed by atoms with Crippen LogP contribution in [0.25, 0.3) is 0 Å². The van der Waals surface area contributed by atoms with Crippen molar-refractivity contribution in [1.29, 1.82) is 0 Å². The lowest BCUT2D eigenvalue weighted by Crippen LogP contribution is -2.25. The van der Waals surface area contributed by atoms with Crippen LogP contribution < -0.4 is 5.32 Å². The van der Waals surface area contributed by atoms with Gasteiger partial charge in [0.2, 0.25) is 5.91 Å². The maximum Gasteiger partial charge on any atom is 0.262 e. The molecular weight excluding hydrogens is 525 g/mol. The molecule has 0 aliphatic carbocycles. The van der Waals surface area contributed by atoms with Gasteiger partial charge in [0.15, 0.2) is 16.8 Å². The summed E-state index contributed by atoms with van der Waals surface area (Å²) in [5, 5.41) is 8.83. The van der Waals surface area contributed by atoms with Gasteiger partial charge in [0.25, 0.3) is 5.91 Å². The molecule has 3 aromatic rings. The molecule has 2 atom stereocenters. The van der Waals surface area contributed by atoms with E-state index in [2.05, 4.69) is 10.3 Å². The number of amides is 2. The highest BCUT2D eigenvalue weighted by atomic mass is 35.5. The number of rotatable bonds is 5. The number of carbonyl (C=O) groups excluding carboxylic acids is 2. The van der Waals surface area contributed by atoms with Crippen LogP contribution in [0.1, 0.15) is 30.0 Å². The van der Waals surface area contributed by atoms with Gasteiger partial charge in [-0.3, -0.25) is 9.59 Å². The maximum atomic E-state index is 13.5. The van der Waals surface area contributed by atoms with Crippen LogP contribution >= 0.6 is 23.4 Å². The number of nitrogens with zero attached hydrogens (tertiary/aromatic N) is 3. The smallest absolute Gasteiger partial charge is 0.262 e. The molecule has 0 unspecified atom stereocenters. The molecule has 2 aliphatic rings. The number of nitrogens with one attached hydrogen (secondary N) is 1. The lowest BCUT2D eigenvalue weighted by molar-refractivity contribution is -0.121. The second-order valence-corrected chi connectivity index (χ2v) is 10.00. The molecule has 0 aromatic heterocycles. The maximum absolute atomic E-state index is 13.5. The van der Waals surface area contributed by atoms with Crippen molar-refractivity contribution < 1.29 is 22.8 Å². The lowest BCUT2D eigenvalue weighted by Gasteiger charge is -2.23. The van der Waals surface area contributed by atoms with E-state index in [9.17, 15) is 22.8 Å². The predicted octanol–water partition coefficient (Wildman–Crippen LogP) is 5.94. The molecule has 2 amide bonds. The van der Waals surface area contributed by atoms with E-state index in [1.165, 1.54) is 18.2 Å². The number of hydrogen-bond donors (Lipinski definition) is 1. The highest BCUT2D eigenvalue weighted by Gasteiger charge is 2.39. The molecule has 5 rings (SSSR count). The summed E-state index contributed by atoms with van der Waals surface area (Å²) in [5.74, 6) is -3.53. The number of aliphatic imine (C=N–C) groups is 1. The molecule has 0 radical (unpaired) electrons. The summed E-state index contributed by atoms with van der Waals surface area (Å²) >= 11 is 7.31. The Bertz CT molecular complexity index is 1450. The van der Waals surface area contributed by atoms with Crippen LogP contribution in [0.4, 0.5) is 18.9 Å². The van der Waals surface area contributed by atoms with Gasteiger partial charge >= 0.3 is 0 Å². The monoisotopic (exact) mass is 542 g/mol. The Balaban J connectivity index is 1.35. The predicted molar refractivity (Wildman–Crippen MR) is 137 cm³/mol. The number of hydrazone groups is 1. The number of carbonyl (C=O) groups is 2. The summed E-state index contributed by atoms with van der Waals surface area (Å²) in [6.45, 7) is 0. The Kier molecular flexibility index (Phi) is 7.03. The third-order valence-electron chi connectivity index (χ3n) is 5.82. The van der Waals surface area contributed by atoms with Gasteiger partial charge in [0.1, 0.15) is 11.1 Å². The SMILES string of the molecule is O=C(C[C@H]1SC(N2N=C(c3ccc(F)cc3)C[C@@H]2c2cccc(Cl)c2)=NC1=O)Nc1ccc(F)c(F)c1. The molecule has 0 saturated carbocycles. The van der Waals surface area contributed by atoms with E-state index in [1.807, 2.05) is 12.1 Å². The van der Waals surface area contributed by atoms with Crippen LogP contribution in [0.2, 0.25) is 5.02 Å². The highest BCUT2D eigenvalue weighted by Crippen LogP contribution is 2.39. The standard InChI is InChI=1S/C26H18ClF3N4O2S/c27-16-3-1-2-15(10-16)22-12-21(14-4-6-17(28)7-5-14)33-34(22)26-32-25(36)23(37-26)13-24(35)31-18-8-9-19(29)20(30)11-18/h1-11,22-23H,12-13H2,(H,31,35)/t22-,23-/m1/s1. The van der Waals surface area contributed by atoms with Crippen LogP contribution in [0.15, 0.2) is 76.8 Å². The minimum absolute atomic E-state index is 0.0783. The molecular formula is C26H18ClF3N4O2S. The van der Waals surface area contributed by atoms with E-state index in [-0.39, 0.29) is 24.0 Å². The van der Waals surface area contributed by atoms with E-state index >= 15 is 0 Å². The topological polar surface area (TPSA) is 74.1 Å². The van der Waals surface area contributed by atoms with Crippen LogP contribution in [0.5, 0.6) is 0 Å². The van der Waals surface area contributed by atoms with Crippen molar-refractivity contribution in [2.45, 2.75) is 24.1 Å². The molecule has 0 fully saturated rings. The molecule has 37 heavy (non-hydrogen) atoms. The van der Waals surface area contributed by atoms with Gasteiger partial charge in [0, 0.05) is 29.6 Å². The highest BCUT2D eigenvalue weighted by molar-refractivity contribution is 8.15. The first-order valence-electron chi connectivity index (χ1n) is 11.2. The zero-order valence-corrected chi connectivity index (χ0v) is 20.6. The van der Waals surface area contributed by atoms with Crippen LogP contribution in [-0.2, 0) is 9.59 Å². The van der Waals surface area contributed by atoms with Crippen molar-refractivity contribution in [2.24, 2.45) is 10.1 Å². The van der Waals surface area contributed by atoms with E-state index in [4.69, 9.17) is 16.7 Å². The van der Waals surface area contributed by atoms with Gasteiger partial charge in [-0.15, -0.1) is 0 Å². The third-order valence-corrected chi connectivity index (χ3v) is 7.20. The fourth-order valence-electron chi connectivity index (χ4n) is 4.04. The number of thioether (sulfide) groups is 1. The Morgan fingerprint density at radius 1 is 1.05 bits per heavy atom. The first-order chi connectivity index (χ1) is 17.8. The molecule has 0 spiro atoms. The summed E-state index contributed by atoms with van der Waals surface area (Å²) in [4.78, 5) is 29.3. The fourth-order valence-corrected chi connectivity index (χ4v) is 5.30. The zero-order chi connectivity index (χ0) is 26.1. The van der Waals surface area contributed by atoms with E-state index < -0.39 is 28.7 Å². The van der Waals surface area contributed by atoms with E-state index in [1.54, 1.807) is 29.3 Å². The van der Waals surface area contributed by atoms with Gasteiger partial charge in [-0.1, -0.05) is 47.6 Å². The first-order valence-corrected chi connectivity index (χ1v) is 12.4. The van der Waals surface area contributed by atoms with E-state index in [0.29, 0.717) is 22.3 Å². The largest absolute Gasteiger partial charge is 0.326 e. The van der Waals surface area contributed by atoms with Crippen molar-refractivity contribution in [3.05, 3.63) is 100 Å². The third kappa shape index (κ3) is 5.55. The second-order valence-electron chi connectivity index (χ2n) is 8.39. The number of anilines is 1. The molecule has 2 aliphatic heterocycles. The van der Waals surface area contributed by atoms with Crippen LogP contribution in [0, 0.1) is 17.5 Å². The molecule has 1 N–H and O–H groups in total. The first kappa shape index (κ1) is 25.0. The van der Waals surface area contributed by atoms with Crippen LogP contribution in [0.3, 0.4) is 0 Å². The number of hydrogen-bond acceptors (Lipinski definition) is 5. The zero-order valence-electron chi connectivity index (χ0n) is 19.0. The minimum atomic E-state index is -1.09. The van der Waals surface area contributed by atoms with Crippen molar-refractivity contribution >= 4 is 51.7 Å².